The van der Waals surface area contributed by atoms with Crippen LogP contribution < -0.4 is 10.0 Å². The second-order valence-electron chi connectivity index (χ2n) is 12.1. The van der Waals surface area contributed by atoms with Crippen molar-refractivity contribution in [1.82, 2.24) is 20.0 Å². The van der Waals surface area contributed by atoms with Crippen molar-refractivity contribution in [3.63, 3.8) is 0 Å². The summed E-state index contributed by atoms with van der Waals surface area (Å²) in [4.78, 5) is 27.7. The Hall–Kier alpha value is -3.34. The van der Waals surface area contributed by atoms with Crippen molar-refractivity contribution in [2.24, 2.45) is 12.5 Å². The maximum absolute atomic E-state index is 13.5. The van der Waals surface area contributed by atoms with E-state index in [1.807, 2.05) is 61.5 Å². The first kappa shape index (κ1) is 30.2. The normalized spacial score (nSPS) is 15.4. The van der Waals surface area contributed by atoms with Gasteiger partial charge in [0.1, 0.15) is 17.0 Å². The third-order valence-electron chi connectivity index (χ3n) is 6.64. The van der Waals surface area contributed by atoms with Crippen LogP contribution in [0.5, 0.6) is 0 Å². The van der Waals surface area contributed by atoms with Crippen molar-refractivity contribution in [2.45, 2.75) is 78.3 Å². The van der Waals surface area contributed by atoms with Gasteiger partial charge in [-0.3, -0.25) is 14.2 Å². The number of hydrogen-bond acceptors (Lipinski definition) is 6. The number of nitrogens with one attached hydrogen (secondary N) is 2. The molecule has 0 bridgehead atoms. The molecule has 3 rings (SSSR count). The van der Waals surface area contributed by atoms with Crippen LogP contribution in [-0.4, -0.2) is 59.8 Å². The Morgan fingerprint density at radius 2 is 1.69 bits per heavy atom. The second-order valence-corrected chi connectivity index (χ2v) is 13.8. The molecule has 0 unspecified atom stereocenters. The minimum Gasteiger partial charge on any atom is -0.444 e. The third kappa shape index (κ3) is 7.40. The molecule has 0 radical (unpaired) electrons. The largest absolute Gasteiger partial charge is 0.444 e. The number of carbonyl (C=O) groups excluding carboxylic acids is 2. The van der Waals surface area contributed by atoms with Gasteiger partial charge < -0.3 is 15.0 Å². The van der Waals surface area contributed by atoms with E-state index in [1.54, 1.807) is 24.1 Å². The lowest BCUT2D eigenvalue weighted by molar-refractivity contribution is 0.0270. The molecule has 2 heterocycles. The zero-order valence-electron chi connectivity index (χ0n) is 24.4. The SMILES string of the molecule is Cc1ccc(S(=O)(=O)Nc2c(C3=CCN(C(=O)OC(C)(C)C)CC3)nn(C)c2C(=O)N[C@@H](C)C(C)(C)C)cc1. The molecule has 1 aromatic carbocycles. The molecule has 2 N–H and O–H groups in total. The molecule has 2 amide bonds. The van der Waals surface area contributed by atoms with E-state index in [0.29, 0.717) is 18.7 Å². The van der Waals surface area contributed by atoms with E-state index in [2.05, 4.69) is 15.1 Å². The average Bonchev–Trinajstić information content (AvgIpc) is 3.12. The molecule has 1 aliphatic heterocycles. The highest BCUT2D eigenvalue weighted by Gasteiger charge is 2.32. The number of carbonyl (C=O) groups is 2. The zero-order chi connectivity index (χ0) is 29.3. The molecule has 1 atom stereocenters. The number of ether oxygens (including phenoxy) is 1. The highest BCUT2D eigenvalue weighted by molar-refractivity contribution is 7.92. The first-order valence-corrected chi connectivity index (χ1v) is 14.5. The van der Waals surface area contributed by atoms with Gasteiger partial charge >= 0.3 is 6.09 Å². The van der Waals surface area contributed by atoms with E-state index in [1.165, 1.54) is 16.8 Å². The van der Waals surface area contributed by atoms with Crippen molar-refractivity contribution < 1.29 is 22.7 Å². The van der Waals surface area contributed by atoms with E-state index in [9.17, 15) is 18.0 Å². The van der Waals surface area contributed by atoms with E-state index < -0.39 is 27.6 Å². The van der Waals surface area contributed by atoms with Gasteiger partial charge in [-0.15, -0.1) is 0 Å². The van der Waals surface area contributed by atoms with Gasteiger partial charge in [0.05, 0.1) is 4.90 Å². The van der Waals surface area contributed by atoms with Gasteiger partial charge in [-0.2, -0.15) is 5.10 Å². The van der Waals surface area contributed by atoms with Gasteiger partial charge in [0, 0.05) is 26.2 Å². The number of aryl methyl sites for hydroxylation is 2. The molecule has 39 heavy (non-hydrogen) atoms. The van der Waals surface area contributed by atoms with Crippen molar-refractivity contribution >= 4 is 33.3 Å². The van der Waals surface area contributed by atoms with Gasteiger partial charge in [-0.25, -0.2) is 13.2 Å². The number of benzene rings is 1. The Bertz CT molecular complexity index is 1360. The molecule has 0 saturated carbocycles. The quantitative estimate of drug-likeness (QED) is 0.528. The summed E-state index contributed by atoms with van der Waals surface area (Å²) in [5.74, 6) is -0.438. The molecule has 0 fully saturated rings. The van der Waals surface area contributed by atoms with Crippen LogP contribution in [0.25, 0.3) is 5.57 Å². The van der Waals surface area contributed by atoms with Crippen LogP contribution in [0.3, 0.4) is 0 Å². The fourth-order valence-corrected chi connectivity index (χ4v) is 4.95. The van der Waals surface area contributed by atoms with E-state index in [0.717, 1.165) is 11.1 Å². The number of anilines is 1. The number of rotatable bonds is 6. The Balaban J connectivity index is 2.02. The summed E-state index contributed by atoms with van der Waals surface area (Å²) in [5, 5.41) is 7.56. The summed E-state index contributed by atoms with van der Waals surface area (Å²) < 4.78 is 36.4. The number of aromatic nitrogens is 2. The third-order valence-corrected chi connectivity index (χ3v) is 8.01. The number of nitrogens with zero attached hydrogens (tertiary/aromatic N) is 3. The van der Waals surface area contributed by atoms with Gasteiger partial charge in [0.2, 0.25) is 0 Å². The van der Waals surface area contributed by atoms with Crippen molar-refractivity contribution in [2.75, 3.05) is 17.8 Å². The van der Waals surface area contributed by atoms with E-state index >= 15 is 0 Å². The van der Waals surface area contributed by atoms with Gasteiger partial charge in [0.15, 0.2) is 5.69 Å². The molecule has 214 valence electrons. The van der Waals surface area contributed by atoms with Crippen molar-refractivity contribution in [3.8, 4) is 0 Å². The molecule has 0 spiro atoms. The fraction of sp³-hybridized carbons (Fsp3) is 0.536. The number of sulfonamides is 1. The first-order chi connectivity index (χ1) is 17.9. The van der Waals surface area contributed by atoms with Crippen molar-refractivity contribution in [3.05, 3.63) is 47.3 Å². The Morgan fingerprint density at radius 1 is 1.08 bits per heavy atom. The van der Waals surface area contributed by atoms with Crippen LogP contribution in [0, 0.1) is 12.3 Å². The summed E-state index contributed by atoms with van der Waals surface area (Å²) in [7, 11) is -2.42. The lowest BCUT2D eigenvalue weighted by atomic mass is 9.88. The van der Waals surface area contributed by atoms with E-state index in [4.69, 9.17) is 4.74 Å². The molecule has 1 aliphatic rings. The molecule has 11 heteroatoms. The maximum atomic E-state index is 13.5. The molecule has 2 aromatic rings. The summed E-state index contributed by atoms with van der Waals surface area (Å²) in [6.45, 7) is 15.9. The highest BCUT2D eigenvalue weighted by Crippen LogP contribution is 2.33. The zero-order valence-corrected chi connectivity index (χ0v) is 25.2. The Morgan fingerprint density at radius 3 is 2.21 bits per heavy atom. The summed E-state index contributed by atoms with van der Waals surface area (Å²) in [6.07, 6.45) is 1.81. The van der Waals surface area contributed by atoms with Gasteiger partial charge in [-0.05, 0) is 64.2 Å². The predicted molar refractivity (Wildman–Crippen MR) is 152 cm³/mol. The summed E-state index contributed by atoms with van der Waals surface area (Å²) in [6, 6.07) is 6.28. The highest BCUT2D eigenvalue weighted by atomic mass is 32.2. The summed E-state index contributed by atoms with van der Waals surface area (Å²) >= 11 is 0. The monoisotopic (exact) mass is 559 g/mol. The second kappa shape index (κ2) is 11.0. The number of hydrogen-bond donors (Lipinski definition) is 2. The summed E-state index contributed by atoms with van der Waals surface area (Å²) in [5.41, 5.74) is 1.39. The molecule has 0 saturated heterocycles. The molecular formula is C28H41N5O5S. The minimum atomic E-state index is -4.03. The Labute approximate surface area is 231 Å². The van der Waals surface area contributed by atoms with Crippen LogP contribution in [0.15, 0.2) is 35.2 Å². The van der Waals surface area contributed by atoms with Crippen LogP contribution in [0.2, 0.25) is 0 Å². The predicted octanol–water partition coefficient (Wildman–Crippen LogP) is 4.72. The molecule has 1 aromatic heterocycles. The molecular weight excluding hydrogens is 518 g/mol. The van der Waals surface area contributed by atoms with Gasteiger partial charge in [-0.1, -0.05) is 44.5 Å². The van der Waals surface area contributed by atoms with Crippen LogP contribution in [-0.2, 0) is 21.8 Å². The maximum Gasteiger partial charge on any atom is 0.410 e. The lowest BCUT2D eigenvalue weighted by Gasteiger charge is -2.29. The van der Waals surface area contributed by atoms with Crippen LogP contribution >= 0.6 is 0 Å². The standard InChI is InChI=1S/C28H41N5O5S/c1-18-10-12-21(13-11-18)39(36,37)31-23-22(20-14-16-33(17-15-20)26(35)38-28(6,7)8)30-32(9)24(23)25(34)29-19(2)27(3,4)5/h10-14,19,31H,15-17H2,1-9H3,(H,29,34)/t19-/m0/s1. The first-order valence-electron chi connectivity index (χ1n) is 13.0. The van der Waals surface area contributed by atoms with Gasteiger partial charge in [0.25, 0.3) is 15.9 Å². The minimum absolute atomic E-state index is 0.0750. The topological polar surface area (TPSA) is 123 Å². The Kier molecular flexibility index (Phi) is 8.54. The smallest absolute Gasteiger partial charge is 0.410 e. The van der Waals surface area contributed by atoms with E-state index in [-0.39, 0.29) is 34.3 Å². The lowest BCUT2D eigenvalue weighted by Crippen LogP contribution is -2.42. The molecule has 10 nitrogen and oxygen atoms in total. The van der Waals surface area contributed by atoms with Crippen LogP contribution in [0.1, 0.15) is 76.6 Å². The number of amides is 2. The van der Waals surface area contributed by atoms with Crippen LogP contribution in [0.4, 0.5) is 10.5 Å². The van der Waals surface area contributed by atoms with Crippen molar-refractivity contribution in [1.29, 1.82) is 0 Å². The molecule has 0 aliphatic carbocycles. The fourth-order valence-electron chi connectivity index (χ4n) is 3.87. The average molecular weight is 560 g/mol.